The Morgan fingerprint density at radius 3 is 2.21 bits per heavy atom. The summed E-state index contributed by atoms with van der Waals surface area (Å²) >= 11 is 3.69. The second-order valence-electron chi connectivity index (χ2n) is 10.0. The van der Waals surface area contributed by atoms with Gasteiger partial charge in [-0.2, -0.15) is 23.5 Å². The highest BCUT2D eigenvalue weighted by Gasteiger charge is 2.48. The third-order valence-electron chi connectivity index (χ3n) is 7.68. The van der Waals surface area contributed by atoms with Gasteiger partial charge in [-0.1, -0.05) is 12.1 Å². The summed E-state index contributed by atoms with van der Waals surface area (Å²) in [5.41, 5.74) is 1.11. The van der Waals surface area contributed by atoms with Crippen LogP contribution in [0.25, 0.3) is 0 Å². The van der Waals surface area contributed by atoms with E-state index in [1.165, 1.54) is 14.2 Å². The minimum atomic E-state index is -0.184. The molecule has 0 aliphatic carbocycles. The van der Waals surface area contributed by atoms with Crippen LogP contribution in [-0.2, 0) is 30.4 Å². The van der Waals surface area contributed by atoms with Crippen LogP contribution in [0.5, 0.6) is 5.75 Å². The molecule has 0 bridgehead atoms. The number of carbonyl (C=O) groups excluding carboxylic acids is 4. The van der Waals surface area contributed by atoms with Gasteiger partial charge in [0.1, 0.15) is 5.75 Å². The summed E-state index contributed by atoms with van der Waals surface area (Å²) in [7, 11) is 4.46. The molecule has 1 aromatic carbocycles. The molecule has 4 aliphatic heterocycles. The van der Waals surface area contributed by atoms with Crippen molar-refractivity contribution < 1.29 is 33.4 Å². The molecule has 5 rings (SSSR count). The first-order chi connectivity index (χ1) is 18.8. The van der Waals surface area contributed by atoms with Crippen molar-refractivity contribution in [1.29, 1.82) is 0 Å². The molecule has 4 heterocycles. The molecule has 6 atom stereocenters. The molecule has 39 heavy (non-hydrogen) atoms. The Bertz CT molecular complexity index is 1040. The topological polar surface area (TPSA) is 123 Å². The van der Waals surface area contributed by atoms with Crippen LogP contribution in [0, 0.1) is 5.92 Å². The Kier molecular flexibility index (Phi) is 10.3. The van der Waals surface area contributed by atoms with Crippen molar-refractivity contribution in [2.45, 2.75) is 67.3 Å². The summed E-state index contributed by atoms with van der Waals surface area (Å²) in [6.07, 6.45) is 3.00. The van der Waals surface area contributed by atoms with Crippen LogP contribution in [0.4, 0.5) is 4.79 Å². The number of urea groups is 1. The van der Waals surface area contributed by atoms with E-state index >= 15 is 0 Å². The first kappa shape index (κ1) is 29.4. The van der Waals surface area contributed by atoms with Crippen molar-refractivity contribution in [3.05, 3.63) is 29.8 Å². The van der Waals surface area contributed by atoms with Gasteiger partial charge in [-0.05, 0) is 42.2 Å². The predicted octanol–water partition coefficient (Wildman–Crippen LogP) is 2.59. The fraction of sp³-hybridized carbons (Fsp3) is 0.630. The number of hydrogen-bond donors (Lipinski definition) is 2. The Balaban J connectivity index is 0.000000202. The summed E-state index contributed by atoms with van der Waals surface area (Å²) in [5.74, 6) is 3.02. The zero-order valence-electron chi connectivity index (χ0n) is 22.6. The van der Waals surface area contributed by atoms with Gasteiger partial charge in [0.15, 0.2) is 0 Å². The van der Waals surface area contributed by atoms with Gasteiger partial charge in [0, 0.05) is 48.1 Å². The molecule has 12 heteroatoms. The second-order valence-corrected chi connectivity index (χ2v) is 12.6. The molecule has 0 spiro atoms. The van der Waals surface area contributed by atoms with Crippen molar-refractivity contribution in [3.63, 3.8) is 0 Å². The van der Waals surface area contributed by atoms with Crippen molar-refractivity contribution in [1.82, 2.24) is 15.5 Å². The van der Waals surface area contributed by atoms with Crippen LogP contribution in [0.1, 0.15) is 37.7 Å². The molecule has 0 saturated carbocycles. The number of rotatable bonds is 9. The highest BCUT2D eigenvalue weighted by molar-refractivity contribution is 8.00. The number of thioether (sulfide) groups is 2. The molecule has 10 nitrogen and oxygen atoms in total. The number of carbonyl (C=O) groups is 4. The fourth-order valence-corrected chi connectivity index (χ4v) is 8.79. The van der Waals surface area contributed by atoms with Gasteiger partial charge in [-0.3, -0.25) is 14.4 Å². The number of nitrogens with zero attached hydrogens (tertiary/aromatic N) is 1. The summed E-state index contributed by atoms with van der Waals surface area (Å²) in [4.78, 5) is 48.0. The van der Waals surface area contributed by atoms with E-state index in [4.69, 9.17) is 9.47 Å². The van der Waals surface area contributed by atoms with Crippen LogP contribution in [-0.4, -0.2) is 90.2 Å². The smallest absolute Gasteiger partial charge is 0.315 e. The number of amides is 3. The lowest BCUT2D eigenvalue weighted by Crippen LogP contribution is -2.39. The highest BCUT2D eigenvalue weighted by Crippen LogP contribution is 2.44. The van der Waals surface area contributed by atoms with Crippen molar-refractivity contribution in [2.75, 3.05) is 32.8 Å². The van der Waals surface area contributed by atoms with E-state index in [9.17, 15) is 19.2 Å². The van der Waals surface area contributed by atoms with Crippen molar-refractivity contribution >= 4 is 47.4 Å². The van der Waals surface area contributed by atoms with Crippen LogP contribution in [0.3, 0.4) is 0 Å². The molecule has 0 radical (unpaired) electrons. The average molecular weight is 580 g/mol. The largest absolute Gasteiger partial charge is 0.497 e. The van der Waals surface area contributed by atoms with Gasteiger partial charge in [0.2, 0.25) is 5.91 Å². The average Bonchev–Trinajstić information content (AvgIpc) is 3.69. The molecule has 0 unspecified atom stereocenters. The van der Waals surface area contributed by atoms with Crippen LogP contribution in [0.2, 0.25) is 0 Å². The number of likely N-dealkylation sites (tertiary alicyclic amines) is 1. The van der Waals surface area contributed by atoms with E-state index in [1.807, 2.05) is 40.9 Å². The molecule has 3 amide bonds. The lowest BCUT2D eigenvalue weighted by molar-refractivity contribution is -0.141. The first-order valence-corrected chi connectivity index (χ1v) is 15.3. The quantitative estimate of drug-likeness (QED) is 0.336. The monoisotopic (exact) mass is 579 g/mol. The van der Waals surface area contributed by atoms with E-state index in [2.05, 4.69) is 15.4 Å². The predicted molar refractivity (Wildman–Crippen MR) is 150 cm³/mol. The number of methoxy groups -OCH3 is 3. The molecule has 4 aliphatic rings. The van der Waals surface area contributed by atoms with Crippen LogP contribution < -0.4 is 15.4 Å². The number of esters is 2. The number of benzene rings is 1. The van der Waals surface area contributed by atoms with Gasteiger partial charge in [-0.15, -0.1) is 0 Å². The zero-order chi connectivity index (χ0) is 27.9. The first-order valence-electron chi connectivity index (χ1n) is 13.2. The normalized spacial score (nSPS) is 28.5. The molecular formula is C27H37N3O7S2. The molecule has 0 aromatic heterocycles. The summed E-state index contributed by atoms with van der Waals surface area (Å²) in [6, 6.07) is 8.40. The number of fused-ring (bicyclic) bond motifs is 2. The van der Waals surface area contributed by atoms with E-state index in [0.717, 1.165) is 35.7 Å². The summed E-state index contributed by atoms with van der Waals surface area (Å²) < 4.78 is 14.5. The van der Waals surface area contributed by atoms with Gasteiger partial charge in [0.05, 0.1) is 33.4 Å². The third-order valence-corrected chi connectivity index (χ3v) is 10.7. The van der Waals surface area contributed by atoms with E-state index in [1.54, 1.807) is 18.9 Å². The maximum absolute atomic E-state index is 12.5. The molecular weight excluding hydrogens is 542 g/mol. The molecule has 2 N–H and O–H groups in total. The minimum Gasteiger partial charge on any atom is -0.497 e. The van der Waals surface area contributed by atoms with E-state index in [0.29, 0.717) is 42.2 Å². The summed E-state index contributed by atoms with van der Waals surface area (Å²) in [6.45, 7) is 0.624. The van der Waals surface area contributed by atoms with Gasteiger partial charge in [0.25, 0.3) is 0 Å². The standard InChI is InChI=1S/C18H23NO4S.C9H14N2O3S/c1-22-14-5-3-12(4-6-14)10-19-16(20)9-13-11-24-15(18(13)19)7-8-17(21)23-2;1-14-7(12)3-2-6-8-5(4-15-6)10-9(13)11-8/h3-6,13,15,18H,7-11H2,1-2H3;5-6,8H,2-4H2,1H3,(H2,10,11,13)/t13-,15-,18-;5-,6-,8-/m00/s1. The van der Waals surface area contributed by atoms with Crippen molar-refractivity contribution in [3.8, 4) is 5.75 Å². The Morgan fingerprint density at radius 2 is 1.56 bits per heavy atom. The lowest BCUT2D eigenvalue weighted by atomic mass is 9.97. The number of nitrogens with one attached hydrogen (secondary N) is 2. The molecule has 1 aromatic rings. The van der Waals surface area contributed by atoms with Crippen LogP contribution in [0.15, 0.2) is 24.3 Å². The van der Waals surface area contributed by atoms with Gasteiger partial charge >= 0.3 is 18.0 Å². The van der Waals surface area contributed by atoms with Gasteiger partial charge in [-0.25, -0.2) is 4.79 Å². The zero-order valence-corrected chi connectivity index (χ0v) is 24.2. The SMILES string of the molecule is COC(=O)CC[C@@H]1SC[C@@H]2CC(=O)N(Cc3ccc(OC)cc3)[C@@H]21.COC(=O)CC[C@@H]1SC[C@@H]2NC(=O)N[C@@H]21. The number of hydrogen-bond acceptors (Lipinski definition) is 9. The highest BCUT2D eigenvalue weighted by atomic mass is 32.2. The number of ether oxygens (including phenoxy) is 3. The Morgan fingerprint density at radius 1 is 0.923 bits per heavy atom. The molecule has 4 saturated heterocycles. The molecule has 4 fully saturated rings. The Labute approximate surface area is 237 Å². The van der Waals surface area contributed by atoms with E-state index < -0.39 is 0 Å². The summed E-state index contributed by atoms with van der Waals surface area (Å²) in [5, 5.41) is 6.39. The van der Waals surface area contributed by atoms with Crippen LogP contribution >= 0.6 is 23.5 Å². The molecule has 214 valence electrons. The van der Waals surface area contributed by atoms with Gasteiger partial charge < -0.3 is 29.7 Å². The minimum absolute atomic E-state index is 0.0895. The maximum Gasteiger partial charge on any atom is 0.315 e. The van der Waals surface area contributed by atoms with Crippen molar-refractivity contribution in [2.24, 2.45) is 5.92 Å². The lowest BCUT2D eigenvalue weighted by Gasteiger charge is -2.29. The Hall–Kier alpha value is -2.60. The maximum atomic E-state index is 12.5. The van der Waals surface area contributed by atoms with E-state index in [-0.39, 0.29) is 42.0 Å². The second kappa shape index (κ2) is 13.6. The fourth-order valence-electron chi connectivity index (χ4n) is 5.63. The third kappa shape index (κ3) is 7.33.